The first-order valence-electron chi connectivity index (χ1n) is 6.93. The number of phenols is 1. The molecule has 0 radical (unpaired) electrons. The van der Waals surface area contributed by atoms with Crippen LogP contribution < -0.4 is 5.73 Å². The second kappa shape index (κ2) is 6.21. The van der Waals surface area contributed by atoms with E-state index in [0.29, 0.717) is 18.3 Å². The average molecular weight is 248 g/mol. The van der Waals surface area contributed by atoms with Crippen molar-refractivity contribution >= 4 is 0 Å². The molecule has 0 aliphatic heterocycles. The standard InChI is InChI=1S/C15H24N2O/c1-17(13-5-3-2-4-6-13)15(11-16)12-7-9-14(18)10-8-12/h7-10,13,15,18H,2-6,11,16H2,1H3. The summed E-state index contributed by atoms with van der Waals surface area (Å²) in [5.41, 5.74) is 7.14. The summed E-state index contributed by atoms with van der Waals surface area (Å²) in [6.07, 6.45) is 6.61. The van der Waals surface area contributed by atoms with Gasteiger partial charge in [0, 0.05) is 18.6 Å². The lowest BCUT2D eigenvalue weighted by molar-refractivity contribution is 0.140. The van der Waals surface area contributed by atoms with Gasteiger partial charge < -0.3 is 10.8 Å². The Morgan fingerprint density at radius 2 is 1.83 bits per heavy atom. The molecule has 2 rings (SSSR count). The van der Waals surface area contributed by atoms with Crippen molar-refractivity contribution in [3.05, 3.63) is 29.8 Å². The lowest BCUT2D eigenvalue weighted by Gasteiger charge is -2.37. The Morgan fingerprint density at radius 3 is 2.39 bits per heavy atom. The zero-order chi connectivity index (χ0) is 13.0. The van der Waals surface area contributed by atoms with Crippen LogP contribution in [0.4, 0.5) is 0 Å². The summed E-state index contributed by atoms with van der Waals surface area (Å²) in [6, 6.07) is 8.35. The highest BCUT2D eigenvalue weighted by molar-refractivity contribution is 5.28. The van der Waals surface area contributed by atoms with E-state index in [0.717, 1.165) is 0 Å². The molecule has 1 aromatic rings. The van der Waals surface area contributed by atoms with Crippen molar-refractivity contribution in [1.29, 1.82) is 0 Å². The summed E-state index contributed by atoms with van der Waals surface area (Å²) in [5, 5.41) is 9.35. The van der Waals surface area contributed by atoms with E-state index in [2.05, 4.69) is 11.9 Å². The van der Waals surface area contributed by atoms with Gasteiger partial charge in [-0.15, -0.1) is 0 Å². The largest absolute Gasteiger partial charge is 0.508 e. The monoisotopic (exact) mass is 248 g/mol. The molecule has 1 unspecified atom stereocenters. The van der Waals surface area contributed by atoms with Gasteiger partial charge >= 0.3 is 0 Å². The third kappa shape index (κ3) is 3.03. The minimum absolute atomic E-state index is 0.258. The zero-order valence-electron chi connectivity index (χ0n) is 11.2. The molecule has 0 spiro atoms. The molecule has 100 valence electrons. The molecule has 1 aliphatic rings. The average Bonchev–Trinajstić information content (AvgIpc) is 2.42. The predicted molar refractivity (Wildman–Crippen MR) is 74.5 cm³/mol. The topological polar surface area (TPSA) is 49.5 Å². The summed E-state index contributed by atoms with van der Waals surface area (Å²) in [4.78, 5) is 2.42. The Morgan fingerprint density at radius 1 is 1.22 bits per heavy atom. The van der Waals surface area contributed by atoms with E-state index < -0.39 is 0 Å². The maximum Gasteiger partial charge on any atom is 0.115 e. The van der Waals surface area contributed by atoms with Crippen molar-refractivity contribution in [3.63, 3.8) is 0 Å². The molecule has 3 N–H and O–H groups in total. The van der Waals surface area contributed by atoms with Crippen LogP contribution >= 0.6 is 0 Å². The molecule has 0 saturated heterocycles. The van der Waals surface area contributed by atoms with Crippen molar-refractivity contribution in [2.45, 2.75) is 44.2 Å². The fourth-order valence-corrected chi connectivity index (χ4v) is 2.98. The highest BCUT2D eigenvalue weighted by Crippen LogP contribution is 2.29. The Kier molecular flexibility index (Phi) is 4.61. The van der Waals surface area contributed by atoms with Crippen LogP contribution in [0.3, 0.4) is 0 Å². The van der Waals surface area contributed by atoms with Crippen LogP contribution in [0.15, 0.2) is 24.3 Å². The summed E-state index contributed by atoms with van der Waals surface area (Å²) in [5.74, 6) is 0.315. The van der Waals surface area contributed by atoms with Crippen LogP contribution in [0.2, 0.25) is 0 Å². The van der Waals surface area contributed by atoms with Crippen LogP contribution in [-0.2, 0) is 0 Å². The number of phenolic OH excluding ortho intramolecular Hbond substituents is 1. The Labute approximate surface area is 110 Å². The first-order chi connectivity index (χ1) is 8.72. The maximum atomic E-state index is 9.35. The van der Waals surface area contributed by atoms with Gasteiger partial charge in [-0.1, -0.05) is 31.4 Å². The second-order valence-corrected chi connectivity index (χ2v) is 5.30. The molecule has 3 nitrogen and oxygen atoms in total. The molecular weight excluding hydrogens is 224 g/mol. The summed E-state index contributed by atoms with van der Waals surface area (Å²) >= 11 is 0. The number of hydrogen-bond acceptors (Lipinski definition) is 3. The molecule has 18 heavy (non-hydrogen) atoms. The number of aromatic hydroxyl groups is 1. The van der Waals surface area contributed by atoms with Crippen LogP contribution in [0.25, 0.3) is 0 Å². The van der Waals surface area contributed by atoms with E-state index in [9.17, 15) is 5.11 Å². The third-order valence-corrected chi connectivity index (χ3v) is 4.14. The number of hydrogen-bond donors (Lipinski definition) is 2. The van der Waals surface area contributed by atoms with E-state index >= 15 is 0 Å². The second-order valence-electron chi connectivity index (χ2n) is 5.30. The van der Waals surface area contributed by atoms with Crippen molar-refractivity contribution < 1.29 is 5.11 Å². The minimum Gasteiger partial charge on any atom is -0.508 e. The molecule has 0 amide bonds. The molecule has 1 saturated carbocycles. The Hall–Kier alpha value is -1.06. The van der Waals surface area contributed by atoms with E-state index in [1.807, 2.05) is 12.1 Å². The molecule has 0 bridgehead atoms. The lowest BCUT2D eigenvalue weighted by Crippen LogP contribution is -2.39. The highest BCUT2D eigenvalue weighted by Gasteiger charge is 2.24. The molecule has 0 aromatic heterocycles. The highest BCUT2D eigenvalue weighted by atomic mass is 16.3. The normalized spacial score (nSPS) is 19.1. The predicted octanol–water partition coefficient (Wildman–Crippen LogP) is 2.66. The number of benzene rings is 1. The third-order valence-electron chi connectivity index (χ3n) is 4.14. The SMILES string of the molecule is CN(C1CCCCC1)C(CN)c1ccc(O)cc1. The van der Waals surface area contributed by atoms with Crippen molar-refractivity contribution in [1.82, 2.24) is 4.90 Å². The van der Waals surface area contributed by atoms with Crippen LogP contribution in [0.1, 0.15) is 43.7 Å². The van der Waals surface area contributed by atoms with E-state index in [-0.39, 0.29) is 6.04 Å². The number of nitrogens with zero attached hydrogens (tertiary/aromatic N) is 1. The summed E-state index contributed by atoms with van der Waals surface area (Å²) < 4.78 is 0. The molecule has 1 fully saturated rings. The smallest absolute Gasteiger partial charge is 0.115 e. The Balaban J connectivity index is 2.09. The van der Waals surface area contributed by atoms with Gasteiger partial charge in [-0.25, -0.2) is 0 Å². The van der Waals surface area contributed by atoms with Gasteiger partial charge in [0.2, 0.25) is 0 Å². The molecule has 3 heteroatoms. The molecule has 1 aliphatic carbocycles. The van der Waals surface area contributed by atoms with Gasteiger partial charge in [0.05, 0.1) is 0 Å². The quantitative estimate of drug-likeness (QED) is 0.861. The van der Waals surface area contributed by atoms with Crippen LogP contribution in [0, 0.1) is 0 Å². The molecule has 0 heterocycles. The van der Waals surface area contributed by atoms with Gasteiger partial charge in [0.15, 0.2) is 0 Å². The zero-order valence-corrected chi connectivity index (χ0v) is 11.2. The first-order valence-corrected chi connectivity index (χ1v) is 6.93. The molecule has 1 atom stereocenters. The van der Waals surface area contributed by atoms with Crippen molar-refractivity contribution in [2.24, 2.45) is 5.73 Å². The van der Waals surface area contributed by atoms with Gasteiger partial charge in [-0.2, -0.15) is 0 Å². The summed E-state index contributed by atoms with van der Waals surface area (Å²) in [6.45, 7) is 0.623. The van der Waals surface area contributed by atoms with E-state index in [1.54, 1.807) is 12.1 Å². The number of rotatable bonds is 4. The van der Waals surface area contributed by atoms with E-state index in [1.165, 1.54) is 37.7 Å². The lowest BCUT2D eigenvalue weighted by atomic mass is 9.92. The number of likely N-dealkylation sites (N-methyl/N-ethyl adjacent to an activating group) is 1. The van der Waals surface area contributed by atoms with Crippen LogP contribution in [-0.4, -0.2) is 29.6 Å². The van der Waals surface area contributed by atoms with E-state index in [4.69, 9.17) is 5.73 Å². The number of nitrogens with two attached hydrogens (primary N) is 1. The molecule has 1 aromatic carbocycles. The van der Waals surface area contributed by atoms with Crippen LogP contribution in [0.5, 0.6) is 5.75 Å². The summed E-state index contributed by atoms with van der Waals surface area (Å²) in [7, 11) is 2.18. The molecular formula is C15H24N2O. The fraction of sp³-hybridized carbons (Fsp3) is 0.600. The first kappa shape index (κ1) is 13.4. The van der Waals surface area contributed by atoms with Crippen molar-refractivity contribution in [3.8, 4) is 5.75 Å². The Bertz CT molecular complexity index is 357. The van der Waals surface area contributed by atoms with Gasteiger partial charge in [-0.3, -0.25) is 4.90 Å². The van der Waals surface area contributed by atoms with Gasteiger partial charge in [0.25, 0.3) is 0 Å². The van der Waals surface area contributed by atoms with Crippen molar-refractivity contribution in [2.75, 3.05) is 13.6 Å². The minimum atomic E-state index is 0.258. The van der Waals surface area contributed by atoms with Gasteiger partial charge in [0.1, 0.15) is 5.75 Å². The maximum absolute atomic E-state index is 9.35. The van der Waals surface area contributed by atoms with Gasteiger partial charge in [-0.05, 0) is 37.6 Å². The fourth-order valence-electron chi connectivity index (χ4n) is 2.98.